The highest BCUT2D eigenvalue weighted by molar-refractivity contribution is 5.73. The van der Waals surface area contributed by atoms with Crippen molar-refractivity contribution in [2.45, 2.75) is 43.5 Å². The standard InChI is InChI=1S/C6H11F2NO.C2HF3O2/c7-6(8)3-1-2-4(10)5(6)9;3-2(4,5)1(6)7/h4-5,10H,1-3,9H2;(H,6,7). The van der Waals surface area contributed by atoms with Gasteiger partial charge in [0.2, 0.25) is 0 Å². The third kappa shape index (κ3) is 5.26. The minimum absolute atomic E-state index is 0.189. The lowest BCUT2D eigenvalue weighted by molar-refractivity contribution is -0.192. The lowest BCUT2D eigenvalue weighted by atomic mass is 9.90. The number of aliphatic hydroxyl groups is 1. The molecule has 1 fully saturated rings. The minimum Gasteiger partial charge on any atom is -0.475 e. The molecule has 2 unspecified atom stereocenters. The normalized spacial score (nSPS) is 27.9. The molecule has 4 N–H and O–H groups in total. The second kappa shape index (κ2) is 5.58. The molecule has 0 aliphatic heterocycles. The fourth-order valence-corrected chi connectivity index (χ4v) is 1.17. The van der Waals surface area contributed by atoms with Crippen molar-refractivity contribution in [3.63, 3.8) is 0 Å². The van der Waals surface area contributed by atoms with E-state index < -0.39 is 30.2 Å². The molecule has 1 aliphatic carbocycles. The highest BCUT2D eigenvalue weighted by Gasteiger charge is 2.43. The number of hydrogen-bond donors (Lipinski definition) is 3. The monoisotopic (exact) mass is 265 g/mol. The van der Waals surface area contributed by atoms with E-state index in [0.717, 1.165) is 0 Å². The number of nitrogens with two attached hydrogens (primary N) is 1. The predicted molar refractivity (Wildman–Crippen MR) is 46.5 cm³/mol. The second-order valence-corrected chi connectivity index (χ2v) is 3.55. The van der Waals surface area contributed by atoms with Gasteiger partial charge in [0.25, 0.3) is 5.92 Å². The van der Waals surface area contributed by atoms with Crippen molar-refractivity contribution < 1.29 is 37.0 Å². The largest absolute Gasteiger partial charge is 0.490 e. The maximum absolute atomic E-state index is 12.6. The summed E-state index contributed by atoms with van der Waals surface area (Å²) in [6, 6.07) is -1.36. The summed E-state index contributed by atoms with van der Waals surface area (Å²) in [6.45, 7) is 0. The predicted octanol–water partition coefficient (Wildman–Crippen LogP) is 1.13. The Morgan fingerprint density at radius 1 is 1.35 bits per heavy atom. The zero-order valence-electron chi connectivity index (χ0n) is 8.55. The molecule has 0 amide bonds. The van der Waals surface area contributed by atoms with Crippen molar-refractivity contribution in [2.75, 3.05) is 0 Å². The van der Waals surface area contributed by atoms with E-state index in [0.29, 0.717) is 12.8 Å². The Morgan fingerprint density at radius 2 is 1.76 bits per heavy atom. The van der Waals surface area contributed by atoms with Crippen molar-refractivity contribution >= 4 is 5.97 Å². The molecule has 2 atom stereocenters. The van der Waals surface area contributed by atoms with Crippen molar-refractivity contribution in [3.05, 3.63) is 0 Å². The molecular weight excluding hydrogens is 253 g/mol. The second-order valence-electron chi connectivity index (χ2n) is 3.55. The number of carbonyl (C=O) groups is 1. The topological polar surface area (TPSA) is 83.5 Å². The summed E-state index contributed by atoms with van der Waals surface area (Å²) in [5, 5.41) is 16.0. The third-order valence-corrected chi connectivity index (χ3v) is 2.15. The summed E-state index contributed by atoms with van der Waals surface area (Å²) < 4.78 is 56.9. The first-order valence-electron chi connectivity index (χ1n) is 4.60. The number of carboxylic acids is 1. The van der Waals surface area contributed by atoms with Crippen LogP contribution in [-0.2, 0) is 4.79 Å². The first kappa shape index (κ1) is 16.0. The fourth-order valence-electron chi connectivity index (χ4n) is 1.17. The van der Waals surface area contributed by atoms with E-state index in [1.54, 1.807) is 0 Å². The molecule has 1 rings (SSSR count). The van der Waals surface area contributed by atoms with Gasteiger partial charge in [-0.05, 0) is 12.8 Å². The number of carboxylic acid groups (broad SMARTS) is 1. The average Bonchev–Trinajstić information content (AvgIpc) is 2.13. The Bertz CT molecular complexity index is 268. The van der Waals surface area contributed by atoms with E-state index in [4.69, 9.17) is 20.7 Å². The number of aliphatic hydroxyl groups excluding tert-OH is 1. The van der Waals surface area contributed by atoms with Crippen molar-refractivity contribution in [1.29, 1.82) is 0 Å². The number of rotatable bonds is 0. The summed E-state index contributed by atoms with van der Waals surface area (Å²) in [6.07, 6.45) is -5.53. The highest BCUT2D eigenvalue weighted by Crippen LogP contribution is 2.32. The maximum Gasteiger partial charge on any atom is 0.490 e. The SMILES string of the molecule is NC1C(O)CCCC1(F)F.O=C(O)C(F)(F)F. The van der Waals surface area contributed by atoms with Crippen molar-refractivity contribution in [3.8, 4) is 0 Å². The number of hydrogen-bond acceptors (Lipinski definition) is 3. The minimum atomic E-state index is -5.08. The van der Waals surface area contributed by atoms with Crippen molar-refractivity contribution in [1.82, 2.24) is 0 Å². The van der Waals surface area contributed by atoms with E-state index in [-0.39, 0.29) is 6.42 Å². The Balaban J connectivity index is 0.000000325. The summed E-state index contributed by atoms with van der Waals surface area (Å²) in [7, 11) is 0. The van der Waals surface area contributed by atoms with E-state index in [9.17, 15) is 22.0 Å². The molecule has 0 heterocycles. The molecule has 9 heteroatoms. The van der Waals surface area contributed by atoms with Gasteiger partial charge in [-0.2, -0.15) is 13.2 Å². The molecule has 1 aliphatic rings. The van der Waals surface area contributed by atoms with Gasteiger partial charge in [0, 0.05) is 6.42 Å². The molecule has 1 saturated carbocycles. The summed E-state index contributed by atoms with van der Waals surface area (Å²) >= 11 is 0. The first-order chi connectivity index (χ1) is 7.48. The Labute approximate surface area is 93.2 Å². The van der Waals surface area contributed by atoms with Gasteiger partial charge in [-0.15, -0.1) is 0 Å². The lowest BCUT2D eigenvalue weighted by Crippen LogP contribution is -2.52. The molecule has 102 valence electrons. The molecular formula is C8H12F5NO3. The number of aliphatic carboxylic acids is 1. The van der Waals surface area contributed by atoms with Crippen LogP contribution in [0.3, 0.4) is 0 Å². The van der Waals surface area contributed by atoms with Gasteiger partial charge in [-0.1, -0.05) is 0 Å². The van der Waals surface area contributed by atoms with Gasteiger partial charge >= 0.3 is 12.1 Å². The quantitative estimate of drug-likeness (QED) is 0.573. The van der Waals surface area contributed by atoms with Crippen LogP contribution in [-0.4, -0.2) is 40.4 Å². The summed E-state index contributed by atoms with van der Waals surface area (Å²) in [5.41, 5.74) is 5.06. The van der Waals surface area contributed by atoms with Crippen LogP contribution in [0.15, 0.2) is 0 Å². The van der Waals surface area contributed by atoms with Gasteiger partial charge in [-0.25, -0.2) is 13.6 Å². The highest BCUT2D eigenvalue weighted by atomic mass is 19.4. The van der Waals surface area contributed by atoms with Crippen molar-refractivity contribution in [2.24, 2.45) is 5.73 Å². The van der Waals surface area contributed by atoms with Gasteiger partial charge in [-0.3, -0.25) is 0 Å². The van der Waals surface area contributed by atoms with Gasteiger partial charge < -0.3 is 15.9 Å². The molecule has 0 aromatic rings. The lowest BCUT2D eigenvalue weighted by Gasteiger charge is -2.32. The molecule has 17 heavy (non-hydrogen) atoms. The van der Waals surface area contributed by atoms with Gasteiger partial charge in [0.1, 0.15) is 0 Å². The van der Waals surface area contributed by atoms with Crippen LogP contribution in [0.2, 0.25) is 0 Å². The van der Waals surface area contributed by atoms with Gasteiger partial charge in [0.15, 0.2) is 0 Å². The maximum atomic E-state index is 12.6. The van der Waals surface area contributed by atoms with Crippen LogP contribution in [0.25, 0.3) is 0 Å². The molecule has 0 bridgehead atoms. The van der Waals surface area contributed by atoms with E-state index in [2.05, 4.69) is 0 Å². The van der Waals surface area contributed by atoms with Crippen LogP contribution in [0.5, 0.6) is 0 Å². The van der Waals surface area contributed by atoms with E-state index in [1.165, 1.54) is 0 Å². The molecule has 4 nitrogen and oxygen atoms in total. The zero-order valence-corrected chi connectivity index (χ0v) is 8.55. The molecule has 0 spiro atoms. The smallest absolute Gasteiger partial charge is 0.475 e. The first-order valence-corrected chi connectivity index (χ1v) is 4.60. The number of halogens is 5. The van der Waals surface area contributed by atoms with Crippen LogP contribution in [0.4, 0.5) is 22.0 Å². The molecule has 0 aromatic carbocycles. The fraction of sp³-hybridized carbons (Fsp3) is 0.875. The van der Waals surface area contributed by atoms with E-state index in [1.807, 2.05) is 0 Å². The van der Waals surface area contributed by atoms with E-state index >= 15 is 0 Å². The molecule has 0 radical (unpaired) electrons. The molecule has 0 aromatic heterocycles. The molecule has 0 saturated heterocycles. The zero-order chi connectivity index (χ0) is 13.9. The van der Waals surface area contributed by atoms with Crippen LogP contribution in [0, 0.1) is 0 Å². The Morgan fingerprint density at radius 3 is 2.00 bits per heavy atom. The Kier molecular flexibility index (Phi) is 5.27. The summed E-state index contributed by atoms with van der Waals surface area (Å²) in [5.74, 6) is -5.62. The van der Waals surface area contributed by atoms with Crippen LogP contribution >= 0.6 is 0 Å². The van der Waals surface area contributed by atoms with Crippen LogP contribution < -0.4 is 5.73 Å². The number of alkyl halides is 5. The Hall–Kier alpha value is -0.960. The average molecular weight is 265 g/mol. The van der Waals surface area contributed by atoms with Crippen LogP contribution in [0.1, 0.15) is 19.3 Å². The van der Waals surface area contributed by atoms with Gasteiger partial charge in [0.05, 0.1) is 12.1 Å². The summed E-state index contributed by atoms with van der Waals surface area (Å²) in [4.78, 5) is 8.90. The third-order valence-electron chi connectivity index (χ3n) is 2.15.